The molecule has 2 rings (SSSR count). The molecular formula is C17H23N5O2. The van der Waals surface area contributed by atoms with Crippen LogP contribution in [0.4, 0.5) is 5.82 Å². The molecule has 0 saturated heterocycles. The number of nitrogens with zero attached hydrogens (tertiary/aromatic N) is 3. The minimum atomic E-state index is -0.145. The van der Waals surface area contributed by atoms with Gasteiger partial charge in [-0.15, -0.1) is 0 Å². The highest BCUT2D eigenvalue weighted by molar-refractivity contribution is 5.81. The minimum absolute atomic E-state index is 0.0367. The van der Waals surface area contributed by atoms with Crippen LogP contribution < -0.4 is 15.8 Å². The summed E-state index contributed by atoms with van der Waals surface area (Å²) in [6.07, 6.45) is 1.66. The molecule has 7 nitrogen and oxygen atoms in total. The summed E-state index contributed by atoms with van der Waals surface area (Å²) in [6.45, 7) is 8.94. The number of likely N-dealkylation sites (N-methyl/N-ethyl adjacent to an activating group) is 2. The molecule has 7 heteroatoms. The predicted molar refractivity (Wildman–Crippen MR) is 94.1 cm³/mol. The Balaban J connectivity index is 2.23. The third-order valence-electron chi connectivity index (χ3n) is 3.83. The third-order valence-corrected chi connectivity index (χ3v) is 3.83. The first kappa shape index (κ1) is 17.7. The molecule has 0 aliphatic rings. The second-order valence-corrected chi connectivity index (χ2v) is 5.50. The van der Waals surface area contributed by atoms with Crippen molar-refractivity contribution in [3.8, 4) is 11.4 Å². The molecule has 0 fully saturated rings. The Morgan fingerprint density at radius 3 is 2.58 bits per heavy atom. The molecule has 0 aliphatic heterocycles. The maximum absolute atomic E-state index is 11.9. The van der Waals surface area contributed by atoms with Gasteiger partial charge < -0.3 is 15.2 Å². The van der Waals surface area contributed by atoms with Crippen molar-refractivity contribution in [1.29, 1.82) is 0 Å². The minimum Gasteiger partial charge on any atom is -0.355 e. The average molecular weight is 329 g/mol. The maximum atomic E-state index is 11.9. The number of anilines is 1. The summed E-state index contributed by atoms with van der Waals surface area (Å²) in [6, 6.07) is 3.67. The number of hydrogen-bond donors (Lipinski definition) is 2. The van der Waals surface area contributed by atoms with Crippen molar-refractivity contribution in [3.63, 3.8) is 0 Å². The molecule has 2 aromatic heterocycles. The van der Waals surface area contributed by atoms with Crippen LogP contribution in [0.15, 0.2) is 23.1 Å². The molecule has 2 N–H and O–H groups in total. The summed E-state index contributed by atoms with van der Waals surface area (Å²) in [7, 11) is 0. The molecular weight excluding hydrogens is 306 g/mol. The molecule has 0 saturated carbocycles. The number of aryl methyl sites for hydroxylation is 1. The lowest BCUT2D eigenvalue weighted by Gasteiger charge is -2.21. The highest BCUT2D eigenvalue weighted by Crippen LogP contribution is 2.17. The fourth-order valence-corrected chi connectivity index (χ4v) is 2.28. The summed E-state index contributed by atoms with van der Waals surface area (Å²) in [4.78, 5) is 37.1. The molecule has 0 atom stereocenters. The van der Waals surface area contributed by atoms with Gasteiger partial charge in [-0.25, -0.2) is 9.97 Å². The van der Waals surface area contributed by atoms with E-state index >= 15 is 0 Å². The summed E-state index contributed by atoms with van der Waals surface area (Å²) >= 11 is 0. The van der Waals surface area contributed by atoms with Gasteiger partial charge in [-0.05, 0) is 39.8 Å². The lowest BCUT2D eigenvalue weighted by atomic mass is 10.2. The first-order valence-corrected chi connectivity index (χ1v) is 8.01. The number of pyridine rings is 1. The maximum Gasteiger partial charge on any atom is 0.254 e. The number of nitrogens with one attached hydrogen (secondary N) is 2. The molecule has 0 radical (unpaired) electrons. The van der Waals surface area contributed by atoms with Crippen LogP contribution in [-0.4, -0.2) is 40.5 Å². The van der Waals surface area contributed by atoms with E-state index < -0.39 is 0 Å². The Bertz CT molecular complexity index is 768. The van der Waals surface area contributed by atoms with E-state index in [9.17, 15) is 9.59 Å². The molecule has 1 amide bonds. The average Bonchev–Trinajstić information content (AvgIpc) is 2.57. The Morgan fingerprint density at radius 2 is 2.04 bits per heavy atom. The highest BCUT2D eigenvalue weighted by Gasteiger charge is 2.12. The van der Waals surface area contributed by atoms with Crippen LogP contribution in [0, 0.1) is 13.8 Å². The summed E-state index contributed by atoms with van der Waals surface area (Å²) in [5.74, 6) is 1.16. The van der Waals surface area contributed by atoms with Crippen molar-refractivity contribution in [2.75, 3.05) is 24.5 Å². The summed E-state index contributed by atoms with van der Waals surface area (Å²) < 4.78 is 0. The van der Waals surface area contributed by atoms with E-state index in [1.165, 1.54) is 0 Å². The van der Waals surface area contributed by atoms with Crippen molar-refractivity contribution in [2.45, 2.75) is 27.7 Å². The fraction of sp³-hybridized carbons (Fsp3) is 0.412. The van der Waals surface area contributed by atoms with Crippen molar-refractivity contribution in [2.24, 2.45) is 0 Å². The standard InChI is InChI=1S/C17H23N5O2/c1-5-18-15(23)10-22(6-2)14-8-7-13(9-19-14)16-20-12(4)11(3)17(24)21-16/h7-9H,5-6,10H2,1-4H3,(H,18,23)(H,20,21,24). The monoisotopic (exact) mass is 329 g/mol. The van der Waals surface area contributed by atoms with Crippen LogP contribution in [-0.2, 0) is 4.79 Å². The van der Waals surface area contributed by atoms with E-state index in [0.717, 1.165) is 5.56 Å². The number of carbonyl (C=O) groups is 1. The van der Waals surface area contributed by atoms with Gasteiger partial charge >= 0.3 is 0 Å². The van der Waals surface area contributed by atoms with E-state index in [1.54, 1.807) is 20.0 Å². The van der Waals surface area contributed by atoms with Crippen molar-refractivity contribution >= 4 is 11.7 Å². The van der Waals surface area contributed by atoms with Gasteiger partial charge in [-0.1, -0.05) is 0 Å². The molecule has 2 heterocycles. The van der Waals surface area contributed by atoms with Gasteiger partial charge in [0, 0.05) is 36.1 Å². The predicted octanol–water partition coefficient (Wildman–Crippen LogP) is 1.41. The summed E-state index contributed by atoms with van der Waals surface area (Å²) in [5.41, 5.74) is 1.90. The molecule has 0 spiro atoms. The van der Waals surface area contributed by atoms with Crippen molar-refractivity contribution in [1.82, 2.24) is 20.3 Å². The molecule has 128 valence electrons. The zero-order chi connectivity index (χ0) is 17.7. The zero-order valence-corrected chi connectivity index (χ0v) is 14.5. The van der Waals surface area contributed by atoms with Crippen molar-refractivity contribution < 1.29 is 4.79 Å². The largest absolute Gasteiger partial charge is 0.355 e. The Labute approximate surface area is 141 Å². The van der Waals surface area contributed by atoms with Crippen LogP contribution in [0.2, 0.25) is 0 Å². The number of H-pyrrole nitrogens is 1. The van der Waals surface area contributed by atoms with Crippen LogP contribution >= 0.6 is 0 Å². The quantitative estimate of drug-likeness (QED) is 0.836. The van der Waals surface area contributed by atoms with E-state index in [1.807, 2.05) is 30.9 Å². The van der Waals surface area contributed by atoms with Crippen molar-refractivity contribution in [3.05, 3.63) is 39.9 Å². The van der Waals surface area contributed by atoms with Gasteiger partial charge in [0.05, 0.1) is 6.54 Å². The zero-order valence-electron chi connectivity index (χ0n) is 14.5. The number of aromatic amines is 1. The van der Waals surface area contributed by atoms with Crippen LogP contribution in [0.5, 0.6) is 0 Å². The Kier molecular flexibility index (Phi) is 5.68. The first-order chi connectivity index (χ1) is 11.5. The molecule has 2 aromatic rings. The molecule has 24 heavy (non-hydrogen) atoms. The number of aromatic nitrogens is 3. The molecule has 0 aliphatic carbocycles. The van der Waals surface area contributed by atoms with E-state index in [0.29, 0.717) is 36.0 Å². The molecule has 0 unspecified atom stereocenters. The number of hydrogen-bond acceptors (Lipinski definition) is 5. The second-order valence-electron chi connectivity index (χ2n) is 5.50. The summed E-state index contributed by atoms with van der Waals surface area (Å²) in [5, 5.41) is 2.78. The SMILES string of the molecule is CCNC(=O)CN(CC)c1ccc(-c2nc(C)c(C)c(=O)[nH]2)cn1. The fourth-order valence-electron chi connectivity index (χ4n) is 2.28. The molecule has 0 aromatic carbocycles. The Morgan fingerprint density at radius 1 is 1.29 bits per heavy atom. The van der Waals surface area contributed by atoms with Gasteiger partial charge in [0.2, 0.25) is 5.91 Å². The molecule has 0 bridgehead atoms. The van der Waals surface area contributed by atoms with Gasteiger partial charge in [-0.2, -0.15) is 0 Å². The van der Waals surface area contributed by atoms with Gasteiger partial charge in [0.25, 0.3) is 5.56 Å². The number of rotatable bonds is 6. The van der Waals surface area contributed by atoms with Crippen LogP contribution in [0.1, 0.15) is 25.1 Å². The Hall–Kier alpha value is -2.70. The lowest BCUT2D eigenvalue weighted by molar-refractivity contribution is -0.119. The highest BCUT2D eigenvalue weighted by atomic mass is 16.2. The third kappa shape index (κ3) is 3.98. The smallest absolute Gasteiger partial charge is 0.254 e. The lowest BCUT2D eigenvalue weighted by Crippen LogP contribution is -2.37. The normalized spacial score (nSPS) is 10.5. The van der Waals surface area contributed by atoms with Gasteiger partial charge in [0.15, 0.2) is 0 Å². The van der Waals surface area contributed by atoms with Gasteiger partial charge in [0.1, 0.15) is 11.6 Å². The van der Waals surface area contributed by atoms with Gasteiger partial charge in [-0.3, -0.25) is 9.59 Å². The number of amides is 1. The van der Waals surface area contributed by atoms with E-state index in [-0.39, 0.29) is 18.0 Å². The topological polar surface area (TPSA) is 91.0 Å². The van der Waals surface area contributed by atoms with E-state index in [4.69, 9.17) is 0 Å². The van der Waals surface area contributed by atoms with Crippen LogP contribution in [0.3, 0.4) is 0 Å². The van der Waals surface area contributed by atoms with E-state index in [2.05, 4.69) is 20.3 Å². The van der Waals surface area contributed by atoms with Crippen LogP contribution in [0.25, 0.3) is 11.4 Å². The first-order valence-electron chi connectivity index (χ1n) is 8.01. The second kappa shape index (κ2) is 7.72. The number of carbonyl (C=O) groups excluding carboxylic acids is 1.